The van der Waals surface area contributed by atoms with Crippen LogP contribution >= 0.6 is 0 Å². The first-order valence-corrected chi connectivity index (χ1v) is 7.49. The fourth-order valence-electron chi connectivity index (χ4n) is 2.90. The Bertz CT molecular complexity index is 672. The molecule has 0 saturated heterocycles. The molecule has 1 aliphatic rings. The molecule has 0 fully saturated rings. The molecule has 110 valence electrons. The van der Waals surface area contributed by atoms with Gasteiger partial charge < -0.3 is 9.84 Å². The van der Waals surface area contributed by atoms with E-state index in [0.717, 1.165) is 43.1 Å². The van der Waals surface area contributed by atoms with Crippen molar-refractivity contribution in [2.75, 3.05) is 13.2 Å². The van der Waals surface area contributed by atoms with Gasteiger partial charge in [0.15, 0.2) is 0 Å². The molecule has 0 aliphatic carbocycles. The highest BCUT2D eigenvalue weighted by Gasteiger charge is 2.26. The van der Waals surface area contributed by atoms with Crippen molar-refractivity contribution in [2.24, 2.45) is 0 Å². The normalized spacial score (nSPS) is 16.7. The molecule has 1 aliphatic heterocycles. The minimum absolute atomic E-state index is 0.282. The van der Waals surface area contributed by atoms with Crippen LogP contribution in [0.1, 0.15) is 43.7 Å². The van der Waals surface area contributed by atoms with Gasteiger partial charge in [0.2, 0.25) is 0 Å². The smallest absolute Gasteiger partial charge is 0.297 e. The Balaban J connectivity index is 1.73. The molecule has 1 N–H and O–H groups in total. The van der Waals surface area contributed by atoms with E-state index in [1.807, 2.05) is 18.2 Å². The van der Waals surface area contributed by atoms with E-state index in [9.17, 15) is 0 Å². The first kappa shape index (κ1) is 13.9. The number of nitrogens with zero attached hydrogens (tertiary/aromatic N) is 3. The average Bonchev–Trinajstić information content (AvgIpc) is 3.05. The Morgan fingerprint density at radius 1 is 1.33 bits per heavy atom. The number of aliphatic hydroxyl groups is 1. The zero-order chi connectivity index (χ0) is 14.7. The highest BCUT2D eigenvalue weighted by Crippen LogP contribution is 2.34. The van der Waals surface area contributed by atoms with E-state index >= 15 is 0 Å². The quantitative estimate of drug-likeness (QED) is 0.828. The standard InChI is InChI=1S/C16H19N3O2/c17-10-12-6-7-15-14(9-12)18-16-19(15)13(11-21-16)5-3-1-2-4-8-20/h6-7,9,13,20H,1-5,8,11H2. The zero-order valence-electron chi connectivity index (χ0n) is 12.0. The van der Waals surface area contributed by atoms with Crippen LogP contribution in [-0.4, -0.2) is 27.9 Å². The summed E-state index contributed by atoms with van der Waals surface area (Å²) in [5, 5.41) is 17.7. The lowest BCUT2D eigenvalue weighted by Gasteiger charge is -2.11. The van der Waals surface area contributed by atoms with Gasteiger partial charge >= 0.3 is 0 Å². The molecule has 5 nitrogen and oxygen atoms in total. The third kappa shape index (κ3) is 2.72. The first-order valence-electron chi connectivity index (χ1n) is 7.49. The predicted octanol–water partition coefficient (Wildman–Crippen LogP) is 2.78. The summed E-state index contributed by atoms with van der Waals surface area (Å²) in [6, 6.07) is 8.72. The van der Waals surface area contributed by atoms with Crippen molar-refractivity contribution in [3.8, 4) is 12.1 Å². The van der Waals surface area contributed by atoms with Gasteiger partial charge in [-0.15, -0.1) is 0 Å². The van der Waals surface area contributed by atoms with Crippen LogP contribution in [0.2, 0.25) is 0 Å². The van der Waals surface area contributed by atoms with Gasteiger partial charge in [-0.05, 0) is 31.0 Å². The van der Waals surface area contributed by atoms with Crippen molar-refractivity contribution in [3.63, 3.8) is 0 Å². The highest BCUT2D eigenvalue weighted by atomic mass is 16.5. The molecule has 3 rings (SSSR count). The van der Waals surface area contributed by atoms with Gasteiger partial charge in [-0.1, -0.05) is 19.3 Å². The average molecular weight is 285 g/mol. The van der Waals surface area contributed by atoms with Crippen LogP contribution in [0.5, 0.6) is 6.01 Å². The largest absolute Gasteiger partial charge is 0.462 e. The Morgan fingerprint density at radius 2 is 2.19 bits per heavy atom. The van der Waals surface area contributed by atoms with E-state index in [2.05, 4.69) is 15.6 Å². The fourth-order valence-corrected chi connectivity index (χ4v) is 2.90. The lowest BCUT2D eigenvalue weighted by atomic mass is 10.1. The van der Waals surface area contributed by atoms with Gasteiger partial charge in [-0.25, -0.2) is 0 Å². The van der Waals surface area contributed by atoms with E-state index in [1.54, 1.807) is 0 Å². The molecule has 21 heavy (non-hydrogen) atoms. The molecule has 0 bridgehead atoms. The van der Waals surface area contributed by atoms with Gasteiger partial charge in [0, 0.05) is 6.61 Å². The fraction of sp³-hybridized carbons (Fsp3) is 0.500. The van der Waals surface area contributed by atoms with E-state index in [-0.39, 0.29) is 6.61 Å². The molecule has 0 amide bonds. The number of benzene rings is 1. The van der Waals surface area contributed by atoms with Crippen LogP contribution in [0.4, 0.5) is 0 Å². The van der Waals surface area contributed by atoms with Crippen LogP contribution < -0.4 is 4.74 Å². The summed E-state index contributed by atoms with van der Waals surface area (Å²) in [5.74, 6) is 0. The van der Waals surface area contributed by atoms with Gasteiger partial charge in [0.05, 0.1) is 28.7 Å². The Morgan fingerprint density at radius 3 is 3.00 bits per heavy atom. The van der Waals surface area contributed by atoms with E-state index in [0.29, 0.717) is 24.2 Å². The maximum atomic E-state index is 8.95. The molecular weight excluding hydrogens is 266 g/mol. The van der Waals surface area contributed by atoms with Crippen LogP contribution in [0.3, 0.4) is 0 Å². The third-order valence-corrected chi connectivity index (χ3v) is 4.00. The second kappa shape index (κ2) is 6.15. The molecule has 2 heterocycles. The topological polar surface area (TPSA) is 71.1 Å². The summed E-state index contributed by atoms with van der Waals surface area (Å²) in [6.07, 6.45) is 5.29. The molecular formula is C16H19N3O2. The van der Waals surface area contributed by atoms with Crippen LogP contribution in [0.15, 0.2) is 18.2 Å². The number of hydrogen-bond acceptors (Lipinski definition) is 4. The number of ether oxygens (including phenoxy) is 1. The van der Waals surface area contributed by atoms with Crippen molar-refractivity contribution in [1.29, 1.82) is 5.26 Å². The van der Waals surface area contributed by atoms with E-state index in [1.165, 1.54) is 0 Å². The summed E-state index contributed by atoms with van der Waals surface area (Å²) >= 11 is 0. The van der Waals surface area contributed by atoms with Gasteiger partial charge in [0.25, 0.3) is 6.01 Å². The third-order valence-electron chi connectivity index (χ3n) is 4.00. The Labute approximate surface area is 123 Å². The van der Waals surface area contributed by atoms with Crippen molar-refractivity contribution >= 4 is 11.0 Å². The van der Waals surface area contributed by atoms with Crippen molar-refractivity contribution < 1.29 is 9.84 Å². The van der Waals surface area contributed by atoms with Crippen molar-refractivity contribution in [1.82, 2.24) is 9.55 Å². The summed E-state index contributed by atoms with van der Waals surface area (Å²) in [4.78, 5) is 4.47. The molecule has 0 spiro atoms. The molecule has 0 radical (unpaired) electrons. The lowest BCUT2D eigenvalue weighted by molar-refractivity contribution is 0.280. The van der Waals surface area contributed by atoms with Gasteiger partial charge in [-0.2, -0.15) is 10.2 Å². The number of rotatable bonds is 6. The van der Waals surface area contributed by atoms with Crippen LogP contribution in [-0.2, 0) is 0 Å². The summed E-state index contributed by atoms with van der Waals surface area (Å²) in [6.45, 7) is 0.961. The summed E-state index contributed by atoms with van der Waals surface area (Å²) in [7, 11) is 0. The zero-order valence-corrected chi connectivity index (χ0v) is 12.0. The maximum Gasteiger partial charge on any atom is 0.297 e. The van der Waals surface area contributed by atoms with Crippen molar-refractivity contribution in [3.05, 3.63) is 23.8 Å². The van der Waals surface area contributed by atoms with Gasteiger partial charge in [0.1, 0.15) is 6.61 Å². The lowest BCUT2D eigenvalue weighted by Crippen LogP contribution is -2.07. The maximum absolute atomic E-state index is 8.95. The predicted molar refractivity (Wildman–Crippen MR) is 79.2 cm³/mol. The highest BCUT2D eigenvalue weighted by molar-refractivity contribution is 5.78. The monoisotopic (exact) mass is 285 g/mol. The van der Waals surface area contributed by atoms with E-state index in [4.69, 9.17) is 15.1 Å². The SMILES string of the molecule is N#Cc1ccc2c(c1)nc1n2C(CCCCCCO)CO1. The molecule has 5 heteroatoms. The minimum atomic E-state index is 0.282. The number of imidazole rings is 1. The molecule has 1 atom stereocenters. The van der Waals surface area contributed by atoms with Crippen LogP contribution in [0, 0.1) is 11.3 Å². The number of hydrogen-bond donors (Lipinski definition) is 1. The number of aromatic nitrogens is 2. The number of unbranched alkanes of at least 4 members (excludes halogenated alkanes) is 3. The second-order valence-corrected chi connectivity index (χ2v) is 5.47. The number of nitriles is 1. The molecule has 1 unspecified atom stereocenters. The summed E-state index contributed by atoms with van der Waals surface area (Å²) in [5.41, 5.74) is 2.50. The minimum Gasteiger partial charge on any atom is -0.462 e. The first-order chi connectivity index (χ1) is 10.3. The molecule has 1 aromatic heterocycles. The van der Waals surface area contributed by atoms with Crippen LogP contribution in [0.25, 0.3) is 11.0 Å². The second-order valence-electron chi connectivity index (χ2n) is 5.47. The summed E-state index contributed by atoms with van der Waals surface area (Å²) < 4.78 is 7.83. The van der Waals surface area contributed by atoms with Crippen molar-refractivity contribution in [2.45, 2.75) is 38.1 Å². The molecule has 2 aromatic rings. The Hall–Kier alpha value is -2.06. The number of aliphatic hydroxyl groups excluding tert-OH is 1. The molecule has 0 saturated carbocycles. The number of fused-ring (bicyclic) bond motifs is 3. The van der Waals surface area contributed by atoms with Gasteiger partial charge in [-0.3, -0.25) is 4.57 Å². The molecule has 1 aromatic carbocycles. The Kier molecular flexibility index (Phi) is 4.07. The van der Waals surface area contributed by atoms with E-state index < -0.39 is 0 Å².